The number of halogens is 1. The topological polar surface area (TPSA) is 68.0 Å². The molecule has 0 aliphatic carbocycles. The van der Waals surface area contributed by atoms with E-state index in [1.165, 1.54) is 11.8 Å². The molecule has 6 heteroatoms. The lowest BCUT2D eigenvalue weighted by Crippen LogP contribution is -2.31. The average Bonchev–Trinajstić information content (AvgIpc) is 2.16. The number of nitrogens with zero attached hydrogens (tertiary/aromatic N) is 1. The minimum absolute atomic E-state index is 0.218. The van der Waals surface area contributed by atoms with Crippen molar-refractivity contribution in [3.63, 3.8) is 0 Å². The Morgan fingerprint density at radius 1 is 1.79 bits per heavy atom. The van der Waals surface area contributed by atoms with Crippen LogP contribution >= 0.6 is 27.7 Å². The number of aromatic nitrogens is 1. The van der Waals surface area contributed by atoms with Crippen molar-refractivity contribution >= 4 is 33.6 Å². The lowest BCUT2D eigenvalue weighted by atomic mass is 10.3. The Labute approximate surface area is 94.8 Å². The Morgan fingerprint density at radius 3 is 3.07 bits per heavy atom. The summed E-state index contributed by atoms with van der Waals surface area (Å²) < 4.78 is 0.896. The van der Waals surface area contributed by atoms with Crippen molar-refractivity contribution in [2.75, 3.05) is 5.75 Å². The van der Waals surface area contributed by atoms with Crippen molar-refractivity contribution in [2.24, 2.45) is 5.84 Å². The lowest BCUT2D eigenvalue weighted by molar-refractivity contribution is -0.118. The second-order valence-electron chi connectivity index (χ2n) is 2.66. The van der Waals surface area contributed by atoms with Crippen LogP contribution in [0.1, 0.15) is 5.56 Å². The van der Waals surface area contributed by atoms with Crippen molar-refractivity contribution in [3.05, 3.63) is 22.3 Å². The molecule has 0 fully saturated rings. The van der Waals surface area contributed by atoms with Crippen LogP contribution in [0.3, 0.4) is 0 Å². The third-order valence-corrected chi connectivity index (χ3v) is 3.32. The molecule has 4 nitrogen and oxygen atoms in total. The van der Waals surface area contributed by atoms with Crippen LogP contribution in [0.15, 0.2) is 21.8 Å². The second kappa shape index (κ2) is 5.33. The van der Waals surface area contributed by atoms with Gasteiger partial charge in [0.05, 0.1) is 10.2 Å². The monoisotopic (exact) mass is 275 g/mol. The summed E-state index contributed by atoms with van der Waals surface area (Å²) >= 11 is 4.71. The molecule has 1 heterocycles. The Bertz CT molecular complexity index is 345. The van der Waals surface area contributed by atoms with Gasteiger partial charge in [-0.2, -0.15) is 0 Å². The smallest absolute Gasteiger partial charge is 0.244 e. The first-order valence-corrected chi connectivity index (χ1v) is 5.65. The van der Waals surface area contributed by atoms with Crippen molar-refractivity contribution < 1.29 is 4.79 Å². The first-order chi connectivity index (χ1) is 6.63. The highest BCUT2D eigenvalue weighted by molar-refractivity contribution is 9.10. The third kappa shape index (κ3) is 3.28. The Kier molecular flexibility index (Phi) is 4.37. The molecule has 0 aliphatic rings. The molecule has 76 valence electrons. The molecule has 0 radical (unpaired) electrons. The maximum Gasteiger partial charge on any atom is 0.244 e. The van der Waals surface area contributed by atoms with E-state index in [2.05, 4.69) is 26.3 Å². The number of hydrogen-bond acceptors (Lipinski definition) is 4. The van der Waals surface area contributed by atoms with Gasteiger partial charge in [0.2, 0.25) is 5.91 Å². The van der Waals surface area contributed by atoms with E-state index >= 15 is 0 Å². The fourth-order valence-electron chi connectivity index (χ4n) is 0.803. The number of carbonyl (C=O) groups excluding carboxylic acids is 1. The number of thioether (sulfide) groups is 1. The van der Waals surface area contributed by atoms with Gasteiger partial charge < -0.3 is 0 Å². The van der Waals surface area contributed by atoms with Gasteiger partial charge in [0.25, 0.3) is 0 Å². The minimum atomic E-state index is -0.218. The molecule has 1 aromatic heterocycles. The maximum absolute atomic E-state index is 10.9. The molecule has 1 amide bonds. The molecular formula is C8H10BrN3OS. The summed E-state index contributed by atoms with van der Waals surface area (Å²) in [7, 11) is 0. The van der Waals surface area contributed by atoms with Crippen LogP contribution in [0.25, 0.3) is 0 Å². The number of amides is 1. The number of pyridine rings is 1. The van der Waals surface area contributed by atoms with Gasteiger partial charge in [0.15, 0.2) is 0 Å². The second-order valence-corrected chi connectivity index (χ2v) is 4.47. The van der Waals surface area contributed by atoms with Crippen molar-refractivity contribution in [3.8, 4) is 0 Å². The van der Waals surface area contributed by atoms with Crippen molar-refractivity contribution in [2.45, 2.75) is 11.9 Å². The molecule has 0 saturated carbocycles. The summed E-state index contributed by atoms with van der Waals surface area (Å²) in [4.78, 5) is 15.0. The van der Waals surface area contributed by atoms with Gasteiger partial charge in [-0.3, -0.25) is 10.2 Å². The van der Waals surface area contributed by atoms with Crippen LogP contribution in [0.5, 0.6) is 0 Å². The van der Waals surface area contributed by atoms with Gasteiger partial charge in [-0.05, 0) is 34.5 Å². The lowest BCUT2D eigenvalue weighted by Gasteiger charge is -2.03. The highest BCUT2D eigenvalue weighted by atomic mass is 79.9. The van der Waals surface area contributed by atoms with E-state index in [-0.39, 0.29) is 11.7 Å². The fourth-order valence-corrected chi connectivity index (χ4v) is 2.28. The van der Waals surface area contributed by atoms with Gasteiger partial charge in [0, 0.05) is 6.20 Å². The molecule has 0 saturated heterocycles. The van der Waals surface area contributed by atoms with Crippen LogP contribution in [-0.4, -0.2) is 16.6 Å². The predicted octanol–water partition coefficient (Wildman–Crippen LogP) is 1.23. The summed E-state index contributed by atoms with van der Waals surface area (Å²) in [5.74, 6) is 5.00. The normalized spacial score (nSPS) is 9.93. The molecule has 0 atom stereocenters. The Morgan fingerprint density at radius 2 is 2.50 bits per heavy atom. The molecule has 1 rings (SSSR count). The summed E-state index contributed by atoms with van der Waals surface area (Å²) in [6, 6.07) is 1.95. The number of hydrazine groups is 1. The number of aryl methyl sites for hydroxylation is 1. The van der Waals surface area contributed by atoms with Crippen LogP contribution in [-0.2, 0) is 4.79 Å². The number of carbonyl (C=O) groups is 1. The molecule has 0 aliphatic heterocycles. The molecule has 3 N–H and O–H groups in total. The maximum atomic E-state index is 10.9. The third-order valence-electron chi connectivity index (χ3n) is 1.45. The predicted molar refractivity (Wildman–Crippen MR) is 59.7 cm³/mol. The molecule has 0 aromatic carbocycles. The number of hydrogen-bond donors (Lipinski definition) is 2. The largest absolute Gasteiger partial charge is 0.294 e. The Hall–Kier alpha value is -0.590. The van der Waals surface area contributed by atoms with Gasteiger partial charge in [-0.1, -0.05) is 11.8 Å². The Balaban J connectivity index is 2.63. The van der Waals surface area contributed by atoms with Crippen molar-refractivity contribution in [1.29, 1.82) is 0 Å². The fraction of sp³-hybridized carbons (Fsp3) is 0.250. The zero-order chi connectivity index (χ0) is 10.6. The molecule has 0 spiro atoms. The zero-order valence-corrected chi connectivity index (χ0v) is 9.98. The quantitative estimate of drug-likeness (QED) is 0.377. The minimum Gasteiger partial charge on any atom is -0.294 e. The van der Waals surface area contributed by atoms with E-state index in [0.717, 1.165) is 15.1 Å². The molecule has 14 heavy (non-hydrogen) atoms. The van der Waals surface area contributed by atoms with E-state index < -0.39 is 0 Å². The standard InChI is InChI=1S/C8H10BrN3OS/c1-5-2-6(9)8(11-3-5)14-4-7(13)12-10/h2-3H,4,10H2,1H3,(H,12,13). The van der Waals surface area contributed by atoms with Gasteiger partial charge >= 0.3 is 0 Å². The number of nitrogens with one attached hydrogen (secondary N) is 1. The van der Waals surface area contributed by atoms with E-state index in [1.54, 1.807) is 6.20 Å². The van der Waals surface area contributed by atoms with Gasteiger partial charge in [0.1, 0.15) is 5.03 Å². The van der Waals surface area contributed by atoms with Crippen LogP contribution in [0.4, 0.5) is 0 Å². The van der Waals surface area contributed by atoms with Crippen LogP contribution in [0.2, 0.25) is 0 Å². The summed E-state index contributed by atoms with van der Waals surface area (Å²) in [5, 5.41) is 0.791. The SMILES string of the molecule is Cc1cnc(SCC(=O)NN)c(Br)c1. The van der Waals surface area contributed by atoms with Crippen LogP contribution in [0, 0.1) is 6.92 Å². The van der Waals surface area contributed by atoms with Crippen LogP contribution < -0.4 is 11.3 Å². The number of rotatable bonds is 3. The summed E-state index contributed by atoms with van der Waals surface area (Å²) in [5.41, 5.74) is 3.14. The highest BCUT2D eigenvalue weighted by Crippen LogP contribution is 2.25. The van der Waals surface area contributed by atoms with Crippen molar-refractivity contribution in [1.82, 2.24) is 10.4 Å². The molecular weight excluding hydrogens is 266 g/mol. The number of nitrogens with two attached hydrogens (primary N) is 1. The first-order valence-electron chi connectivity index (χ1n) is 3.88. The van der Waals surface area contributed by atoms with E-state index in [9.17, 15) is 4.79 Å². The first kappa shape index (κ1) is 11.5. The summed E-state index contributed by atoms with van der Waals surface area (Å²) in [6.45, 7) is 1.96. The van der Waals surface area contributed by atoms with Gasteiger partial charge in [-0.15, -0.1) is 0 Å². The van der Waals surface area contributed by atoms with E-state index in [1.807, 2.05) is 13.0 Å². The molecule has 1 aromatic rings. The average molecular weight is 276 g/mol. The molecule has 0 bridgehead atoms. The molecule has 0 unspecified atom stereocenters. The van der Waals surface area contributed by atoms with E-state index in [0.29, 0.717) is 0 Å². The highest BCUT2D eigenvalue weighted by Gasteiger charge is 2.05. The van der Waals surface area contributed by atoms with Gasteiger partial charge in [-0.25, -0.2) is 10.8 Å². The summed E-state index contributed by atoms with van der Waals surface area (Å²) in [6.07, 6.45) is 1.76. The zero-order valence-electron chi connectivity index (χ0n) is 7.58. The van der Waals surface area contributed by atoms with E-state index in [4.69, 9.17) is 5.84 Å².